The molecule has 0 aromatic carbocycles. The van der Waals surface area contributed by atoms with Crippen molar-refractivity contribution < 1.29 is 4.79 Å². The lowest BCUT2D eigenvalue weighted by atomic mass is 10.0. The summed E-state index contributed by atoms with van der Waals surface area (Å²) in [6.45, 7) is 4.57. The molecule has 0 saturated carbocycles. The van der Waals surface area contributed by atoms with E-state index in [9.17, 15) is 4.79 Å². The van der Waals surface area contributed by atoms with E-state index in [0.717, 1.165) is 5.69 Å². The zero-order chi connectivity index (χ0) is 17.7. The molecular formula is C15H24N6OS. The van der Waals surface area contributed by atoms with E-state index in [1.807, 2.05) is 32.0 Å². The quantitative estimate of drug-likeness (QED) is 0.452. The van der Waals surface area contributed by atoms with Crippen LogP contribution in [0.15, 0.2) is 24.5 Å². The van der Waals surface area contributed by atoms with Gasteiger partial charge in [-0.25, -0.2) is 0 Å². The van der Waals surface area contributed by atoms with Gasteiger partial charge in [-0.05, 0) is 36.7 Å². The fourth-order valence-electron chi connectivity index (χ4n) is 1.47. The van der Waals surface area contributed by atoms with Crippen LogP contribution in [-0.2, 0) is 4.79 Å². The molecule has 7 nitrogen and oxygen atoms in total. The Morgan fingerprint density at radius 3 is 2.48 bits per heavy atom. The molecule has 126 valence electrons. The smallest absolute Gasteiger partial charge is 0.234 e. The Balaban J connectivity index is 0.000000468. The molecular weight excluding hydrogens is 312 g/mol. The molecule has 1 unspecified atom stereocenters. The number of carbonyl (C=O) groups excluding carboxylic acids is 1. The topological polar surface area (TPSA) is 130 Å². The molecule has 1 aromatic rings. The third-order valence-electron chi connectivity index (χ3n) is 2.55. The molecule has 0 aliphatic rings. The van der Waals surface area contributed by atoms with E-state index in [4.69, 9.17) is 28.9 Å². The minimum atomic E-state index is -0.468. The van der Waals surface area contributed by atoms with E-state index < -0.39 is 11.9 Å². The van der Waals surface area contributed by atoms with Gasteiger partial charge >= 0.3 is 0 Å². The van der Waals surface area contributed by atoms with Crippen molar-refractivity contribution in [2.24, 2.45) is 17.4 Å². The van der Waals surface area contributed by atoms with Crippen LogP contribution in [0.5, 0.6) is 0 Å². The number of nitrogens with one attached hydrogen (secondary N) is 2. The lowest BCUT2D eigenvalue weighted by Crippen LogP contribution is -2.37. The number of hydrogen-bond donors (Lipinski definition) is 4. The van der Waals surface area contributed by atoms with Crippen LogP contribution in [0.2, 0.25) is 0 Å². The van der Waals surface area contributed by atoms with Gasteiger partial charge in [0.2, 0.25) is 5.91 Å². The first-order valence-corrected chi connectivity index (χ1v) is 7.64. The van der Waals surface area contributed by atoms with Crippen LogP contribution >= 0.6 is 12.2 Å². The van der Waals surface area contributed by atoms with E-state index in [0.29, 0.717) is 30.4 Å². The molecule has 1 heterocycles. The maximum atomic E-state index is 10.3. The maximum Gasteiger partial charge on any atom is 0.234 e. The van der Waals surface area contributed by atoms with Crippen LogP contribution in [0.4, 0.5) is 5.69 Å². The van der Waals surface area contributed by atoms with E-state index in [-0.39, 0.29) is 0 Å². The summed E-state index contributed by atoms with van der Waals surface area (Å²) in [5, 5.41) is 14.7. The Hall–Kier alpha value is -2.24. The second-order valence-corrected chi connectivity index (χ2v) is 5.57. The predicted molar refractivity (Wildman–Crippen MR) is 95.3 cm³/mol. The van der Waals surface area contributed by atoms with Gasteiger partial charge < -0.3 is 22.1 Å². The Morgan fingerprint density at radius 1 is 1.43 bits per heavy atom. The Kier molecular flexibility index (Phi) is 11.1. The largest absolute Gasteiger partial charge is 0.368 e. The van der Waals surface area contributed by atoms with Gasteiger partial charge in [0.15, 0.2) is 5.11 Å². The number of anilines is 1. The standard InChI is InChI=1S/C9H10N4S.C6H14N2O/c10-4-1-5-12-9(14)13-8-2-6-11-7-3-8;1-4(2)3-5(7)6(8)9/h2-3,6-7H,1,5H2,(H2,11,12,13,14);4-5H,3,7H2,1-2H3,(H2,8,9). The fraction of sp³-hybridized carbons (Fsp3) is 0.467. The SMILES string of the molecule is CC(C)CC(N)C(N)=O.N#CCCNC(=S)Nc1ccncc1. The summed E-state index contributed by atoms with van der Waals surface area (Å²) >= 11 is 5.00. The van der Waals surface area contributed by atoms with Gasteiger partial charge in [0.1, 0.15) is 0 Å². The number of thiocarbonyl (C=S) groups is 1. The second kappa shape index (κ2) is 12.3. The van der Waals surface area contributed by atoms with Gasteiger partial charge in [0, 0.05) is 24.6 Å². The molecule has 0 aliphatic carbocycles. The minimum Gasteiger partial charge on any atom is -0.368 e. The number of nitriles is 1. The highest BCUT2D eigenvalue weighted by Gasteiger charge is 2.09. The summed E-state index contributed by atoms with van der Waals surface area (Å²) in [6, 6.07) is 5.19. The van der Waals surface area contributed by atoms with Crippen LogP contribution in [0.1, 0.15) is 26.7 Å². The summed E-state index contributed by atoms with van der Waals surface area (Å²) in [6.07, 6.45) is 4.48. The summed E-state index contributed by atoms with van der Waals surface area (Å²) in [5.41, 5.74) is 11.1. The first-order valence-electron chi connectivity index (χ1n) is 7.23. The predicted octanol–water partition coefficient (Wildman–Crippen LogP) is 1.13. The molecule has 8 heteroatoms. The maximum absolute atomic E-state index is 10.3. The average molecular weight is 336 g/mol. The first kappa shape index (κ1) is 20.8. The van der Waals surface area contributed by atoms with Crippen molar-refractivity contribution in [1.29, 1.82) is 5.26 Å². The Bertz CT molecular complexity index is 514. The summed E-state index contributed by atoms with van der Waals surface area (Å²) in [4.78, 5) is 14.2. The number of nitrogens with zero attached hydrogens (tertiary/aromatic N) is 2. The number of amides is 1. The third-order valence-corrected chi connectivity index (χ3v) is 2.80. The Morgan fingerprint density at radius 2 is 2.04 bits per heavy atom. The molecule has 1 rings (SSSR count). The van der Waals surface area contributed by atoms with Crippen LogP contribution in [0.3, 0.4) is 0 Å². The Labute approximate surface area is 142 Å². The minimum absolute atomic E-state index is 0.413. The zero-order valence-electron chi connectivity index (χ0n) is 13.5. The zero-order valence-corrected chi connectivity index (χ0v) is 14.3. The van der Waals surface area contributed by atoms with Gasteiger partial charge in [-0.2, -0.15) is 5.26 Å². The van der Waals surface area contributed by atoms with Crippen molar-refractivity contribution in [2.45, 2.75) is 32.7 Å². The number of carbonyl (C=O) groups is 1. The summed E-state index contributed by atoms with van der Waals surface area (Å²) < 4.78 is 0. The van der Waals surface area contributed by atoms with E-state index in [1.54, 1.807) is 12.4 Å². The number of hydrogen-bond acceptors (Lipinski definition) is 5. The molecule has 1 aromatic heterocycles. The van der Waals surface area contributed by atoms with Gasteiger partial charge in [-0.1, -0.05) is 13.8 Å². The normalized spacial score (nSPS) is 10.7. The van der Waals surface area contributed by atoms with Crippen LogP contribution < -0.4 is 22.1 Å². The number of aromatic nitrogens is 1. The van der Waals surface area contributed by atoms with Gasteiger partial charge in [-0.3, -0.25) is 9.78 Å². The third kappa shape index (κ3) is 12.0. The van der Waals surface area contributed by atoms with Crippen LogP contribution in [0.25, 0.3) is 0 Å². The highest BCUT2D eigenvalue weighted by molar-refractivity contribution is 7.80. The number of pyridine rings is 1. The molecule has 0 spiro atoms. The lowest BCUT2D eigenvalue weighted by Gasteiger charge is -2.08. The fourth-order valence-corrected chi connectivity index (χ4v) is 1.69. The van der Waals surface area contributed by atoms with Crippen molar-refractivity contribution in [3.8, 4) is 6.07 Å². The highest BCUT2D eigenvalue weighted by Crippen LogP contribution is 2.02. The summed E-state index contributed by atoms with van der Waals surface area (Å²) in [5.74, 6) is 0.0243. The van der Waals surface area contributed by atoms with Gasteiger partial charge in [0.25, 0.3) is 0 Å². The molecule has 0 saturated heterocycles. The lowest BCUT2D eigenvalue weighted by molar-refractivity contribution is -0.119. The van der Waals surface area contributed by atoms with E-state index >= 15 is 0 Å². The molecule has 6 N–H and O–H groups in total. The summed E-state index contributed by atoms with van der Waals surface area (Å²) in [7, 11) is 0. The molecule has 0 fully saturated rings. The molecule has 23 heavy (non-hydrogen) atoms. The molecule has 1 atom stereocenters. The molecule has 0 aliphatic heterocycles. The van der Waals surface area contributed by atoms with Crippen LogP contribution in [0, 0.1) is 17.2 Å². The van der Waals surface area contributed by atoms with Crippen molar-refractivity contribution in [3.05, 3.63) is 24.5 Å². The van der Waals surface area contributed by atoms with E-state index in [1.165, 1.54) is 0 Å². The number of rotatable bonds is 6. The second-order valence-electron chi connectivity index (χ2n) is 5.16. The molecule has 0 radical (unpaired) electrons. The first-order chi connectivity index (χ1) is 10.9. The van der Waals surface area contributed by atoms with E-state index in [2.05, 4.69) is 15.6 Å². The van der Waals surface area contributed by atoms with Gasteiger partial charge in [0.05, 0.1) is 18.5 Å². The number of primary amides is 1. The van der Waals surface area contributed by atoms with Crippen LogP contribution in [-0.4, -0.2) is 28.6 Å². The molecule has 0 bridgehead atoms. The monoisotopic (exact) mass is 336 g/mol. The van der Waals surface area contributed by atoms with Crippen molar-refractivity contribution in [3.63, 3.8) is 0 Å². The van der Waals surface area contributed by atoms with Gasteiger partial charge in [-0.15, -0.1) is 0 Å². The van der Waals surface area contributed by atoms with Crippen molar-refractivity contribution >= 4 is 28.9 Å². The highest BCUT2D eigenvalue weighted by atomic mass is 32.1. The number of nitrogens with two attached hydrogens (primary N) is 2. The average Bonchev–Trinajstić information content (AvgIpc) is 2.48. The van der Waals surface area contributed by atoms with Crippen molar-refractivity contribution in [1.82, 2.24) is 10.3 Å². The molecule has 1 amide bonds. The van der Waals surface area contributed by atoms with Crippen molar-refractivity contribution in [2.75, 3.05) is 11.9 Å².